The molecule has 0 aliphatic rings. The highest BCUT2D eigenvalue weighted by Crippen LogP contribution is 2.14. The molecular formula is C12H19NO3S2. The monoisotopic (exact) mass is 289 g/mol. The topological polar surface area (TPSA) is 62.5 Å². The second-order valence-electron chi connectivity index (χ2n) is 4.31. The van der Waals surface area contributed by atoms with Crippen LogP contribution in [0.2, 0.25) is 0 Å². The number of carbonyl (C=O) groups is 1. The van der Waals surface area contributed by atoms with E-state index in [4.69, 9.17) is 4.42 Å². The Hall–Kier alpha value is -0.590. The molecule has 6 heteroatoms. The van der Waals surface area contributed by atoms with Gasteiger partial charge in [0, 0.05) is 12.3 Å². The molecule has 1 rings (SSSR count). The minimum atomic E-state index is -0.899. The number of thioether (sulfide) groups is 2. The van der Waals surface area contributed by atoms with E-state index in [1.165, 1.54) is 11.8 Å². The van der Waals surface area contributed by atoms with Crippen molar-refractivity contribution in [2.24, 2.45) is 0 Å². The van der Waals surface area contributed by atoms with Gasteiger partial charge in [-0.1, -0.05) is 0 Å². The zero-order valence-electron chi connectivity index (χ0n) is 10.9. The summed E-state index contributed by atoms with van der Waals surface area (Å²) in [5.41, 5.74) is -0.899. The van der Waals surface area contributed by atoms with Gasteiger partial charge in [0.1, 0.15) is 5.76 Å². The van der Waals surface area contributed by atoms with E-state index in [1.54, 1.807) is 30.8 Å². The minimum absolute atomic E-state index is 0.214. The van der Waals surface area contributed by atoms with Gasteiger partial charge in [-0.15, -0.1) is 0 Å². The number of nitrogens with one attached hydrogen (secondary N) is 1. The number of aliphatic hydroxyl groups is 1. The lowest BCUT2D eigenvalue weighted by Gasteiger charge is -2.22. The molecule has 4 nitrogen and oxygen atoms in total. The Balaban J connectivity index is 2.49. The van der Waals surface area contributed by atoms with Gasteiger partial charge in [0.2, 0.25) is 0 Å². The quantitative estimate of drug-likeness (QED) is 0.804. The summed E-state index contributed by atoms with van der Waals surface area (Å²) in [6.45, 7) is 1.91. The van der Waals surface area contributed by atoms with Gasteiger partial charge in [-0.2, -0.15) is 23.5 Å². The molecular weight excluding hydrogens is 270 g/mol. The average Bonchev–Trinajstić information content (AvgIpc) is 2.75. The Morgan fingerprint density at radius 2 is 2.17 bits per heavy atom. The van der Waals surface area contributed by atoms with Gasteiger partial charge < -0.3 is 14.8 Å². The van der Waals surface area contributed by atoms with Crippen LogP contribution in [0.25, 0.3) is 0 Å². The maximum atomic E-state index is 11.8. The zero-order chi connectivity index (χ0) is 13.6. The highest BCUT2D eigenvalue weighted by Gasteiger charge is 2.21. The number of furan rings is 1. The van der Waals surface area contributed by atoms with Crippen LogP contribution in [-0.4, -0.2) is 41.4 Å². The molecule has 0 saturated heterocycles. The number of hydrogen-bond donors (Lipinski definition) is 2. The first-order valence-corrected chi connectivity index (χ1v) is 8.34. The standard InChI is InChI=1S/C12H19NO3S2/c1-12(15,8-18-3)7-13-11(14)10-5-4-9(16-10)6-17-2/h4-5,15H,6-8H2,1-3H3,(H,13,14). The SMILES string of the molecule is CSCc1ccc(C(=O)NCC(C)(O)CSC)o1. The first-order chi connectivity index (χ1) is 8.48. The fourth-order valence-corrected chi connectivity index (χ4v) is 2.60. The minimum Gasteiger partial charge on any atom is -0.455 e. The number of carbonyl (C=O) groups excluding carboxylic acids is 1. The number of rotatable bonds is 7. The smallest absolute Gasteiger partial charge is 0.287 e. The maximum Gasteiger partial charge on any atom is 0.287 e. The molecule has 0 aromatic carbocycles. The highest BCUT2D eigenvalue weighted by molar-refractivity contribution is 7.98. The van der Waals surface area contributed by atoms with E-state index in [0.29, 0.717) is 11.5 Å². The molecule has 18 heavy (non-hydrogen) atoms. The van der Waals surface area contributed by atoms with Gasteiger partial charge in [0.15, 0.2) is 5.76 Å². The highest BCUT2D eigenvalue weighted by atomic mass is 32.2. The molecule has 0 aliphatic carbocycles. The third kappa shape index (κ3) is 4.96. The van der Waals surface area contributed by atoms with Gasteiger partial charge >= 0.3 is 0 Å². The Labute approximate surface area is 116 Å². The van der Waals surface area contributed by atoms with Crippen molar-refractivity contribution in [1.29, 1.82) is 0 Å². The average molecular weight is 289 g/mol. The number of amides is 1. The molecule has 1 aromatic rings. The molecule has 1 amide bonds. The predicted octanol–water partition coefficient (Wildman–Crippen LogP) is 1.99. The van der Waals surface area contributed by atoms with Crippen molar-refractivity contribution >= 4 is 29.4 Å². The van der Waals surface area contributed by atoms with Crippen molar-refractivity contribution in [3.63, 3.8) is 0 Å². The van der Waals surface area contributed by atoms with Crippen LogP contribution < -0.4 is 5.32 Å². The van der Waals surface area contributed by atoms with Crippen molar-refractivity contribution in [2.45, 2.75) is 18.3 Å². The van der Waals surface area contributed by atoms with Crippen LogP contribution in [0.5, 0.6) is 0 Å². The van der Waals surface area contributed by atoms with E-state index in [-0.39, 0.29) is 12.5 Å². The molecule has 0 bridgehead atoms. The summed E-state index contributed by atoms with van der Waals surface area (Å²) in [6.07, 6.45) is 3.89. The summed E-state index contributed by atoms with van der Waals surface area (Å²) in [5, 5.41) is 12.6. The van der Waals surface area contributed by atoms with Gasteiger partial charge in [0.25, 0.3) is 5.91 Å². The second kappa shape index (κ2) is 7.11. The van der Waals surface area contributed by atoms with Crippen LogP contribution in [0.1, 0.15) is 23.2 Å². The normalized spacial score (nSPS) is 14.2. The Morgan fingerprint density at radius 3 is 2.78 bits per heavy atom. The molecule has 0 aliphatic heterocycles. The van der Waals surface area contributed by atoms with Crippen LogP contribution in [-0.2, 0) is 5.75 Å². The zero-order valence-corrected chi connectivity index (χ0v) is 12.5. The van der Waals surface area contributed by atoms with Gasteiger partial charge in [0.05, 0.1) is 11.4 Å². The summed E-state index contributed by atoms with van der Waals surface area (Å²) < 4.78 is 5.39. The van der Waals surface area contributed by atoms with Crippen molar-refractivity contribution in [3.8, 4) is 0 Å². The van der Waals surface area contributed by atoms with E-state index in [9.17, 15) is 9.90 Å². The van der Waals surface area contributed by atoms with Crippen LogP contribution in [0.15, 0.2) is 16.5 Å². The van der Waals surface area contributed by atoms with E-state index >= 15 is 0 Å². The van der Waals surface area contributed by atoms with E-state index in [2.05, 4.69) is 5.32 Å². The van der Waals surface area contributed by atoms with E-state index in [0.717, 1.165) is 11.5 Å². The van der Waals surface area contributed by atoms with Crippen LogP contribution >= 0.6 is 23.5 Å². The van der Waals surface area contributed by atoms with Crippen LogP contribution in [0.4, 0.5) is 0 Å². The third-order valence-corrected chi connectivity index (χ3v) is 3.74. The van der Waals surface area contributed by atoms with Crippen molar-refractivity contribution in [2.75, 3.05) is 24.8 Å². The van der Waals surface area contributed by atoms with Crippen LogP contribution in [0.3, 0.4) is 0 Å². The molecule has 2 N–H and O–H groups in total. The fraction of sp³-hybridized carbons (Fsp3) is 0.583. The first kappa shape index (κ1) is 15.5. The molecule has 0 fully saturated rings. The maximum absolute atomic E-state index is 11.8. The summed E-state index contributed by atoms with van der Waals surface area (Å²) in [6, 6.07) is 3.45. The lowest BCUT2D eigenvalue weighted by Crippen LogP contribution is -2.42. The lowest BCUT2D eigenvalue weighted by molar-refractivity contribution is 0.0709. The van der Waals surface area contributed by atoms with Gasteiger partial charge in [-0.25, -0.2) is 0 Å². The van der Waals surface area contributed by atoms with Crippen LogP contribution in [0, 0.1) is 0 Å². The Kier molecular flexibility index (Phi) is 6.11. The van der Waals surface area contributed by atoms with Gasteiger partial charge in [-0.05, 0) is 31.6 Å². The van der Waals surface area contributed by atoms with E-state index in [1.807, 2.05) is 12.5 Å². The summed E-state index contributed by atoms with van der Waals surface area (Å²) in [7, 11) is 0. The largest absolute Gasteiger partial charge is 0.455 e. The fourth-order valence-electron chi connectivity index (χ4n) is 1.44. The van der Waals surface area contributed by atoms with Crippen molar-refractivity contribution in [1.82, 2.24) is 5.32 Å². The molecule has 0 radical (unpaired) electrons. The van der Waals surface area contributed by atoms with Crippen molar-refractivity contribution < 1.29 is 14.3 Å². The number of hydrogen-bond acceptors (Lipinski definition) is 5. The van der Waals surface area contributed by atoms with Crippen molar-refractivity contribution in [3.05, 3.63) is 23.7 Å². The molecule has 102 valence electrons. The lowest BCUT2D eigenvalue weighted by atomic mass is 10.1. The Morgan fingerprint density at radius 1 is 1.44 bits per heavy atom. The third-order valence-electron chi connectivity index (χ3n) is 2.26. The molecule has 1 unspecified atom stereocenters. The molecule has 1 atom stereocenters. The predicted molar refractivity (Wildman–Crippen MR) is 77.3 cm³/mol. The molecule has 1 heterocycles. The molecule has 1 aromatic heterocycles. The van der Waals surface area contributed by atoms with Gasteiger partial charge in [-0.3, -0.25) is 4.79 Å². The van der Waals surface area contributed by atoms with E-state index < -0.39 is 5.60 Å². The molecule has 0 saturated carbocycles. The Bertz CT molecular complexity index is 390. The first-order valence-electron chi connectivity index (χ1n) is 5.55. The molecule has 0 spiro atoms. The second-order valence-corrected chi connectivity index (χ2v) is 6.04. The summed E-state index contributed by atoms with van der Waals surface area (Å²) >= 11 is 3.18. The summed E-state index contributed by atoms with van der Waals surface area (Å²) in [5.74, 6) is 2.10. The summed E-state index contributed by atoms with van der Waals surface area (Å²) in [4.78, 5) is 11.8.